The maximum atomic E-state index is 12.8. The molecule has 0 bridgehead atoms. The summed E-state index contributed by atoms with van der Waals surface area (Å²) in [4.78, 5) is 10.7. The molecule has 1 atom stereocenters. The van der Waals surface area contributed by atoms with Crippen LogP contribution in [0.5, 0.6) is 11.5 Å². The minimum Gasteiger partial charge on any atom is -0.493 e. The summed E-state index contributed by atoms with van der Waals surface area (Å²) < 4.78 is 22.7. The van der Waals surface area contributed by atoms with E-state index in [0.717, 1.165) is 0 Å². The zero-order chi connectivity index (χ0) is 13.0. The van der Waals surface area contributed by atoms with Crippen molar-refractivity contribution in [2.75, 3.05) is 14.2 Å². The number of methoxy groups -OCH3 is 2. The Morgan fingerprint density at radius 3 is 2.29 bits per heavy atom. The first kappa shape index (κ1) is 13.2. The molecule has 0 saturated carbocycles. The molecule has 17 heavy (non-hydrogen) atoms. The van der Waals surface area contributed by atoms with Crippen molar-refractivity contribution < 1.29 is 28.9 Å². The molecule has 1 rings (SSSR count). The van der Waals surface area contributed by atoms with Crippen LogP contribution in [0, 0.1) is 0 Å². The molecular formula is C11H13FO5. The summed E-state index contributed by atoms with van der Waals surface area (Å²) in [5, 5.41) is 18.1. The van der Waals surface area contributed by atoms with Gasteiger partial charge >= 0.3 is 5.97 Å². The Kier molecular flexibility index (Phi) is 4.28. The number of ether oxygens (including phenoxy) is 2. The number of rotatable bonds is 5. The van der Waals surface area contributed by atoms with Crippen LogP contribution in [0.15, 0.2) is 12.1 Å². The Morgan fingerprint density at radius 2 is 1.88 bits per heavy atom. The number of aliphatic hydroxyl groups excluding tert-OH is 1. The molecular weight excluding hydrogens is 231 g/mol. The Balaban J connectivity index is 3.33. The molecule has 0 aliphatic rings. The van der Waals surface area contributed by atoms with Crippen LogP contribution < -0.4 is 9.47 Å². The Bertz CT molecular complexity index is 419. The van der Waals surface area contributed by atoms with Crippen molar-refractivity contribution in [2.45, 2.75) is 12.8 Å². The highest BCUT2D eigenvalue weighted by Crippen LogP contribution is 2.33. The van der Waals surface area contributed by atoms with E-state index in [-0.39, 0.29) is 22.6 Å². The van der Waals surface area contributed by atoms with Crippen molar-refractivity contribution >= 4 is 5.97 Å². The number of carboxylic acids is 1. The Hall–Kier alpha value is -1.82. The molecule has 0 aliphatic carbocycles. The van der Waals surface area contributed by atoms with Gasteiger partial charge in [0, 0.05) is 5.56 Å². The third kappa shape index (κ3) is 2.65. The van der Waals surface area contributed by atoms with Gasteiger partial charge in [-0.25, -0.2) is 9.18 Å². The number of hydrogen-bond acceptors (Lipinski definition) is 4. The predicted molar refractivity (Wildman–Crippen MR) is 57.0 cm³/mol. The average Bonchev–Trinajstić information content (AvgIpc) is 2.35. The fourth-order valence-corrected chi connectivity index (χ4v) is 1.44. The number of hydrogen-bond donors (Lipinski definition) is 2. The van der Waals surface area contributed by atoms with E-state index >= 15 is 0 Å². The molecule has 0 fully saturated rings. The van der Waals surface area contributed by atoms with Crippen molar-refractivity contribution in [3.63, 3.8) is 0 Å². The number of aliphatic carboxylic acids is 1. The van der Waals surface area contributed by atoms with Gasteiger partial charge < -0.3 is 19.7 Å². The Labute approximate surface area is 97.4 Å². The fourth-order valence-electron chi connectivity index (χ4n) is 1.44. The predicted octanol–water partition coefficient (Wildman–Crippen LogP) is 1.29. The van der Waals surface area contributed by atoms with Gasteiger partial charge in [-0.3, -0.25) is 0 Å². The first-order valence-corrected chi connectivity index (χ1v) is 4.76. The molecule has 0 heterocycles. The normalized spacial score (nSPS) is 12.0. The van der Waals surface area contributed by atoms with Crippen LogP contribution in [0.1, 0.15) is 17.2 Å². The molecule has 1 aromatic rings. The van der Waals surface area contributed by atoms with Gasteiger partial charge in [-0.15, -0.1) is 0 Å². The zero-order valence-electron chi connectivity index (χ0n) is 9.44. The number of aliphatic hydroxyl groups is 1. The van der Waals surface area contributed by atoms with Crippen molar-refractivity contribution in [3.05, 3.63) is 23.3 Å². The third-order valence-electron chi connectivity index (χ3n) is 2.32. The quantitative estimate of drug-likeness (QED) is 0.816. The zero-order valence-corrected chi connectivity index (χ0v) is 9.44. The third-order valence-corrected chi connectivity index (χ3v) is 2.32. The molecule has 1 aromatic carbocycles. The number of benzene rings is 1. The summed E-state index contributed by atoms with van der Waals surface area (Å²) in [6.07, 6.45) is -1.79. The maximum Gasteiger partial charge on any atom is 0.337 e. The molecule has 0 amide bonds. The van der Waals surface area contributed by atoms with Crippen LogP contribution in [0.25, 0.3) is 0 Å². The lowest BCUT2D eigenvalue weighted by Gasteiger charge is -2.15. The minimum atomic E-state index is -1.79. The number of carbonyl (C=O) groups is 1. The van der Waals surface area contributed by atoms with E-state index < -0.39 is 18.7 Å². The van der Waals surface area contributed by atoms with Gasteiger partial charge in [0.2, 0.25) is 0 Å². The summed E-state index contributed by atoms with van der Waals surface area (Å²) in [6, 6.07) is 2.56. The van der Waals surface area contributed by atoms with Crippen LogP contribution in [-0.4, -0.2) is 30.4 Å². The van der Waals surface area contributed by atoms with Crippen LogP contribution in [0.3, 0.4) is 0 Å². The molecule has 0 spiro atoms. The molecule has 0 saturated heterocycles. The van der Waals surface area contributed by atoms with Crippen molar-refractivity contribution in [1.29, 1.82) is 0 Å². The summed E-state index contributed by atoms with van der Waals surface area (Å²) in [5.41, 5.74) is 0.00944. The molecule has 1 unspecified atom stereocenters. The number of alkyl halides is 1. The molecule has 0 aromatic heterocycles. The van der Waals surface area contributed by atoms with Crippen molar-refractivity contribution in [1.82, 2.24) is 0 Å². The first-order chi connectivity index (χ1) is 8.04. The second-order valence-corrected chi connectivity index (χ2v) is 3.28. The largest absolute Gasteiger partial charge is 0.493 e. The number of halogens is 1. The highest BCUT2D eigenvalue weighted by molar-refractivity contribution is 5.75. The van der Waals surface area contributed by atoms with Crippen LogP contribution in [0.2, 0.25) is 0 Å². The maximum absolute atomic E-state index is 12.8. The van der Waals surface area contributed by atoms with E-state index in [2.05, 4.69) is 0 Å². The summed E-state index contributed by atoms with van der Waals surface area (Å²) in [7, 11) is 2.75. The summed E-state index contributed by atoms with van der Waals surface area (Å²) >= 11 is 0. The highest BCUT2D eigenvalue weighted by atomic mass is 19.1. The minimum absolute atomic E-state index is 0.0438. The lowest BCUT2D eigenvalue weighted by Crippen LogP contribution is -2.13. The van der Waals surface area contributed by atoms with Gasteiger partial charge in [-0.1, -0.05) is 0 Å². The highest BCUT2D eigenvalue weighted by Gasteiger charge is 2.22. The number of carboxylic acid groups (broad SMARTS) is 1. The van der Waals surface area contributed by atoms with E-state index in [4.69, 9.17) is 14.6 Å². The van der Waals surface area contributed by atoms with Crippen molar-refractivity contribution in [2.24, 2.45) is 0 Å². The van der Waals surface area contributed by atoms with Gasteiger partial charge in [0.15, 0.2) is 17.6 Å². The second-order valence-electron chi connectivity index (χ2n) is 3.28. The smallest absolute Gasteiger partial charge is 0.337 e. The average molecular weight is 244 g/mol. The van der Waals surface area contributed by atoms with Crippen LogP contribution in [0.4, 0.5) is 4.39 Å². The van der Waals surface area contributed by atoms with Gasteiger partial charge in [0.1, 0.15) is 6.67 Å². The van der Waals surface area contributed by atoms with E-state index in [1.807, 2.05) is 0 Å². The Morgan fingerprint density at radius 1 is 1.35 bits per heavy atom. The van der Waals surface area contributed by atoms with Crippen LogP contribution in [-0.2, 0) is 11.5 Å². The molecule has 5 nitrogen and oxygen atoms in total. The first-order valence-electron chi connectivity index (χ1n) is 4.76. The second kappa shape index (κ2) is 5.49. The van der Waals surface area contributed by atoms with E-state index in [9.17, 15) is 14.3 Å². The summed E-state index contributed by atoms with van der Waals surface area (Å²) in [6.45, 7) is -0.903. The van der Waals surface area contributed by atoms with E-state index in [0.29, 0.717) is 0 Å². The van der Waals surface area contributed by atoms with Crippen molar-refractivity contribution in [3.8, 4) is 11.5 Å². The van der Waals surface area contributed by atoms with Gasteiger partial charge in [-0.05, 0) is 17.7 Å². The summed E-state index contributed by atoms with van der Waals surface area (Å²) in [5.74, 6) is -0.937. The lowest BCUT2D eigenvalue weighted by molar-refractivity contribution is -0.147. The van der Waals surface area contributed by atoms with Gasteiger partial charge in [0.05, 0.1) is 14.2 Å². The topological polar surface area (TPSA) is 76.0 Å². The monoisotopic (exact) mass is 244 g/mol. The molecule has 0 radical (unpaired) electrons. The van der Waals surface area contributed by atoms with E-state index in [1.54, 1.807) is 0 Å². The van der Waals surface area contributed by atoms with E-state index in [1.165, 1.54) is 26.4 Å². The molecule has 6 heteroatoms. The van der Waals surface area contributed by atoms with Gasteiger partial charge in [0.25, 0.3) is 0 Å². The van der Waals surface area contributed by atoms with Gasteiger partial charge in [-0.2, -0.15) is 0 Å². The molecule has 94 valence electrons. The molecule has 2 N–H and O–H groups in total. The SMILES string of the molecule is COc1cc(CF)c(C(O)C(=O)O)cc1OC. The standard InChI is InChI=1S/C11H13FO5/c1-16-8-3-6(5-12)7(4-9(8)17-2)10(13)11(14)15/h3-4,10,13H,5H2,1-2H3,(H,14,15). The fraction of sp³-hybridized carbons (Fsp3) is 0.364. The lowest BCUT2D eigenvalue weighted by atomic mass is 10.0. The van der Waals surface area contributed by atoms with Crippen LogP contribution >= 0.6 is 0 Å². The molecule has 0 aliphatic heterocycles.